The molecule has 1 atom stereocenters. The number of hydrogen-bond acceptors (Lipinski definition) is 5. The molecule has 1 aliphatic heterocycles. The highest BCUT2D eigenvalue weighted by Crippen LogP contribution is 2.35. The summed E-state index contributed by atoms with van der Waals surface area (Å²) >= 11 is 0. The minimum absolute atomic E-state index is 0.162. The Balaban J connectivity index is 2.19. The number of phenolic OH excluding ortho intramolecular Hbond substituents is 1. The maximum Gasteiger partial charge on any atom is 0.410 e. The molecule has 1 N–H and O–H groups in total. The lowest BCUT2D eigenvalue weighted by atomic mass is 9.91. The summed E-state index contributed by atoms with van der Waals surface area (Å²) < 4.78 is 5.54. The highest BCUT2D eigenvalue weighted by Gasteiger charge is 2.33. The molecule has 0 aliphatic carbocycles. The number of fused-ring (bicyclic) bond motifs is 1. The fraction of sp³-hybridized carbons (Fsp3) is 0.611. The van der Waals surface area contributed by atoms with E-state index in [0.29, 0.717) is 32.6 Å². The molecular weight excluding hydrogens is 310 g/mol. The summed E-state index contributed by atoms with van der Waals surface area (Å²) in [6.45, 7) is 8.81. The fourth-order valence-corrected chi connectivity index (χ4v) is 2.85. The number of hydrogen-bond donors (Lipinski definition) is 1. The Morgan fingerprint density at radius 3 is 2.75 bits per heavy atom. The van der Waals surface area contributed by atoms with Crippen LogP contribution in [0.2, 0.25) is 0 Å². The van der Waals surface area contributed by atoms with Crippen LogP contribution in [0.1, 0.15) is 51.3 Å². The largest absolute Gasteiger partial charge is 0.508 e. The number of rotatable bonds is 5. The molecule has 0 saturated carbocycles. The molecule has 1 aromatic carbocycles. The summed E-state index contributed by atoms with van der Waals surface area (Å²) in [5, 5.41) is 9.70. The van der Waals surface area contributed by atoms with Gasteiger partial charge in [0, 0.05) is 6.54 Å². The van der Waals surface area contributed by atoms with Crippen LogP contribution >= 0.6 is 0 Å². The lowest BCUT2D eigenvalue weighted by molar-refractivity contribution is -0.292. The Bertz CT molecular complexity index is 567. The van der Waals surface area contributed by atoms with Crippen LogP contribution < -0.4 is 0 Å². The Labute approximate surface area is 143 Å². The van der Waals surface area contributed by atoms with E-state index in [1.165, 1.54) is 0 Å². The van der Waals surface area contributed by atoms with Gasteiger partial charge in [-0.25, -0.2) is 14.6 Å². The molecule has 1 heterocycles. The summed E-state index contributed by atoms with van der Waals surface area (Å²) in [4.78, 5) is 24.4. The summed E-state index contributed by atoms with van der Waals surface area (Å²) in [7, 11) is 0. The molecule has 134 valence electrons. The Morgan fingerprint density at radius 1 is 1.33 bits per heavy atom. The molecule has 0 saturated heterocycles. The third-order valence-electron chi connectivity index (χ3n) is 3.79. The minimum atomic E-state index is -0.543. The maximum atomic E-state index is 12.6. The van der Waals surface area contributed by atoms with Crippen LogP contribution in [0.15, 0.2) is 18.2 Å². The molecule has 1 aromatic rings. The van der Waals surface area contributed by atoms with Crippen molar-refractivity contribution in [3.05, 3.63) is 29.3 Å². The highest BCUT2D eigenvalue weighted by atomic mass is 17.2. The second-order valence-corrected chi connectivity index (χ2v) is 6.84. The van der Waals surface area contributed by atoms with E-state index >= 15 is 0 Å². The van der Waals surface area contributed by atoms with Crippen molar-refractivity contribution >= 4 is 6.09 Å². The van der Waals surface area contributed by atoms with Gasteiger partial charge in [0.2, 0.25) is 0 Å². The average Bonchev–Trinajstić information content (AvgIpc) is 2.49. The predicted molar refractivity (Wildman–Crippen MR) is 89.7 cm³/mol. The van der Waals surface area contributed by atoms with E-state index in [2.05, 4.69) is 0 Å². The molecule has 2 rings (SSSR count). The molecule has 6 nitrogen and oxygen atoms in total. The van der Waals surface area contributed by atoms with Crippen molar-refractivity contribution in [3.63, 3.8) is 0 Å². The Kier molecular flexibility index (Phi) is 6.07. The van der Waals surface area contributed by atoms with Gasteiger partial charge >= 0.3 is 6.09 Å². The first-order chi connectivity index (χ1) is 11.3. The molecule has 24 heavy (non-hydrogen) atoms. The van der Waals surface area contributed by atoms with Gasteiger partial charge in [-0.2, -0.15) is 0 Å². The van der Waals surface area contributed by atoms with Crippen LogP contribution in [-0.2, 0) is 20.9 Å². The van der Waals surface area contributed by atoms with Gasteiger partial charge in [0.05, 0.1) is 19.3 Å². The van der Waals surface area contributed by atoms with Crippen molar-refractivity contribution in [2.24, 2.45) is 0 Å². The lowest BCUT2D eigenvalue weighted by Crippen LogP contribution is -2.43. The van der Waals surface area contributed by atoms with E-state index in [1.54, 1.807) is 17.0 Å². The molecular formula is C18H27NO5. The van der Waals surface area contributed by atoms with E-state index in [0.717, 1.165) is 11.1 Å². The number of nitrogens with zero attached hydrogens (tertiary/aromatic N) is 1. The molecule has 1 unspecified atom stereocenters. The third kappa shape index (κ3) is 4.85. The zero-order chi connectivity index (χ0) is 17.7. The first-order valence-electron chi connectivity index (χ1n) is 8.37. The SMILES string of the molecule is CCOOCCC1c2ccc(O)cc2CCN1C(=O)OC(C)(C)C. The number of carbonyl (C=O) groups is 1. The molecule has 1 amide bonds. The minimum Gasteiger partial charge on any atom is -0.508 e. The van der Waals surface area contributed by atoms with Crippen LogP contribution in [0, 0.1) is 0 Å². The number of phenols is 1. The van der Waals surface area contributed by atoms with E-state index in [4.69, 9.17) is 14.5 Å². The third-order valence-corrected chi connectivity index (χ3v) is 3.79. The predicted octanol–water partition coefficient (Wildman–Crippen LogP) is 3.58. The highest BCUT2D eigenvalue weighted by molar-refractivity contribution is 5.69. The van der Waals surface area contributed by atoms with Gasteiger partial charge < -0.3 is 14.7 Å². The van der Waals surface area contributed by atoms with Gasteiger partial charge in [0.25, 0.3) is 0 Å². The van der Waals surface area contributed by atoms with Gasteiger partial charge in [0.1, 0.15) is 11.4 Å². The van der Waals surface area contributed by atoms with Crippen LogP contribution in [0.4, 0.5) is 4.79 Å². The monoisotopic (exact) mass is 337 g/mol. The second kappa shape index (κ2) is 7.85. The number of amides is 1. The molecule has 0 fully saturated rings. The molecule has 1 aliphatic rings. The smallest absolute Gasteiger partial charge is 0.410 e. The van der Waals surface area contributed by atoms with Crippen LogP contribution in [0.3, 0.4) is 0 Å². The molecule has 6 heteroatoms. The first kappa shape index (κ1) is 18.5. The lowest BCUT2D eigenvalue weighted by Gasteiger charge is -2.38. The Hall–Kier alpha value is -1.79. The van der Waals surface area contributed by atoms with Crippen LogP contribution in [-0.4, -0.2) is 41.5 Å². The van der Waals surface area contributed by atoms with Crippen molar-refractivity contribution in [1.29, 1.82) is 0 Å². The Morgan fingerprint density at radius 2 is 2.08 bits per heavy atom. The van der Waals surface area contributed by atoms with E-state index < -0.39 is 5.60 Å². The second-order valence-electron chi connectivity index (χ2n) is 6.84. The molecule has 0 aromatic heterocycles. The van der Waals surface area contributed by atoms with Crippen molar-refractivity contribution in [1.82, 2.24) is 4.90 Å². The summed E-state index contributed by atoms with van der Waals surface area (Å²) in [5.41, 5.74) is 1.53. The zero-order valence-corrected chi connectivity index (χ0v) is 14.9. The van der Waals surface area contributed by atoms with Crippen molar-refractivity contribution in [2.75, 3.05) is 19.8 Å². The van der Waals surface area contributed by atoms with E-state index in [1.807, 2.05) is 33.8 Å². The van der Waals surface area contributed by atoms with Crippen molar-refractivity contribution < 1.29 is 24.4 Å². The fourth-order valence-electron chi connectivity index (χ4n) is 2.85. The standard InChI is InChI=1S/C18H27NO5/c1-5-22-23-11-9-16-15-7-6-14(20)12-13(15)8-10-19(16)17(21)24-18(2,3)4/h6-7,12,16,20H,5,8-11H2,1-4H3. The average molecular weight is 337 g/mol. The van der Waals surface area contributed by atoms with Gasteiger partial charge in [0.15, 0.2) is 0 Å². The summed E-state index contributed by atoms with van der Waals surface area (Å²) in [5.74, 6) is 0.240. The number of benzene rings is 1. The van der Waals surface area contributed by atoms with Crippen molar-refractivity contribution in [3.8, 4) is 5.75 Å². The summed E-state index contributed by atoms with van der Waals surface area (Å²) in [6, 6.07) is 5.11. The van der Waals surface area contributed by atoms with Gasteiger partial charge in [-0.1, -0.05) is 6.07 Å². The van der Waals surface area contributed by atoms with Crippen LogP contribution in [0.5, 0.6) is 5.75 Å². The number of carbonyl (C=O) groups excluding carboxylic acids is 1. The molecule has 0 spiro atoms. The first-order valence-corrected chi connectivity index (χ1v) is 8.37. The van der Waals surface area contributed by atoms with Gasteiger partial charge in [-0.3, -0.25) is 0 Å². The van der Waals surface area contributed by atoms with E-state index in [-0.39, 0.29) is 17.9 Å². The van der Waals surface area contributed by atoms with Crippen molar-refractivity contribution in [2.45, 2.75) is 52.2 Å². The number of ether oxygens (including phenoxy) is 1. The topological polar surface area (TPSA) is 68.2 Å². The van der Waals surface area contributed by atoms with E-state index in [9.17, 15) is 9.90 Å². The van der Waals surface area contributed by atoms with Crippen LogP contribution in [0.25, 0.3) is 0 Å². The quantitative estimate of drug-likeness (QED) is 0.505. The zero-order valence-electron chi connectivity index (χ0n) is 14.9. The normalized spacial score (nSPS) is 17.5. The van der Waals surface area contributed by atoms with Gasteiger partial charge in [-0.15, -0.1) is 0 Å². The maximum absolute atomic E-state index is 12.6. The summed E-state index contributed by atoms with van der Waals surface area (Å²) in [6.07, 6.45) is 0.950. The molecule has 0 radical (unpaired) electrons. The molecule has 0 bridgehead atoms. The number of aromatic hydroxyl groups is 1. The van der Waals surface area contributed by atoms with Gasteiger partial charge in [-0.05, 0) is 63.8 Å².